The molecule has 0 saturated heterocycles. The molecule has 0 N–H and O–H groups in total. The second kappa shape index (κ2) is 12.1. The maximum atomic E-state index is 2.37. The van der Waals surface area contributed by atoms with Crippen molar-refractivity contribution in [3.8, 4) is 44.5 Å². The Labute approximate surface area is 277 Å². The molecule has 0 aliphatic rings. The summed E-state index contributed by atoms with van der Waals surface area (Å²) < 4.78 is 4.75. The lowest BCUT2D eigenvalue weighted by Gasteiger charge is -2.12. The van der Waals surface area contributed by atoms with Gasteiger partial charge in [0.15, 0.2) is 0 Å². The predicted octanol–water partition coefficient (Wildman–Crippen LogP) is 12.3. The molecule has 0 amide bonds. The Balaban J connectivity index is 1.27. The van der Waals surface area contributed by atoms with E-state index in [0.717, 1.165) is 0 Å². The summed E-state index contributed by atoms with van der Waals surface area (Å²) in [6.07, 6.45) is 4.61. The van der Waals surface area contributed by atoms with Crippen LogP contribution in [0, 0.1) is 13.8 Å². The molecule has 46 heavy (non-hydrogen) atoms. The Bertz CT molecular complexity index is 2140. The fourth-order valence-electron chi connectivity index (χ4n) is 6.35. The Hall–Kier alpha value is -4.90. The number of hydrogen-bond donors (Lipinski definition) is 0. The molecule has 0 radical (unpaired) electrons. The second-order valence-electron chi connectivity index (χ2n) is 11.7. The van der Waals surface area contributed by atoms with Crippen molar-refractivity contribution in [2.24, 2.45) is 0 Å². The van der Waals surface area contributed by atoms with Crippen molar-refractivity contribution < 1.29 is 0 Å². The van der Waals surface area contributed by atoms with E-state index in [-0.39, 0.29) is 0 Å². The Morgan fingerprint density at radius 1 is 0.370 bits per heavy atom. The van der Waals surface area contributed by atoms with Gasteiger partial charge in [-0.05, 0) is 104 Å². The van der Waals surface area contributed by atoms with Crippen LogP contribution in [0.3, 0.4) is 0 Å². The molecule has 0 aliphatic heterocycles. The molecule has 0 bridgehead atoms. The number of aryl methyl sites for hydroxylation is 2. The molecule has 8 rings (SSSR count). The van der Waals surface area contributed by atoms with Gasteiger partial charge in [0.1, 0.15) is 0 Å². The second-order valence-corrected chi connectivity index (χ2v) is 13.8. The van der Waals surface area contributed by atoms with E-state index in [4.69, 9.17) is 0 Å². The monoisotopic (exact) mass is 628 g/mol. The smallest absolute Gasteiger partial charge is 0.0985 e. The van der Waals surface area contributed by atoms with Crippen molar-refractivity contribution >= 4 is 32.6 Å². The van der Waals surface area contributed by atoms with Crippen LogP contribution in [0.2, 0.25) is 0 Å². The Morgan fingerprint density at radius 3 is 0.978 bits per heavy atom. The molecule has 4 heterocycles. The van der Waals surface area contributed by atoms with Crippen molar-refractivity contribution in [2.45, 2.75) is 23.9 Å². The highest BCUT2D eigenvalue weighted by Gasteiger charge is 2.20. The minimum atomic E-state index is 1.19. The molecule has 2 nitrogen and oxygen atoms in total. The summed E-state index contributed by atoms with van der Waals surface area (Å²) in [5.74, 6) is 0. The van der Waals surface area contributed by atoms with Crippen molar-refractivity contribution in [3.05, 3.63) is 169 Å². The predicted molar refractivity (Wildman–Crippen MR) is 198 cm³/mol. The molecule has 8 aromatic rings. The lowest BCUT2D eigenvalue weighted by molar-refractivity contribution is 1.04. The number of hydrogen-bond acceptors (Lipinski definition) is 2. The summed E-state index contributed by atoms with van der Waals surface area (Å²) in [4.78, 5) is 0. The van der Waals surface area contributed by atoms with Crippen molar-refractivity contribution in [1.29, 1.82) is 0 Å². The minimum absolute atomic E-state index is 1.19. The standard InChI is InChI=1S/C42H32N2S2/c1-29-27-43-35(23-37(29)31-15-7-3-8-16-31)25-39(33-19-11-5-12-20-33)41(43)45-46-42-40(34-21-13-6-14-22-34)26-36-24-38(30(2)28-44(36)42)32-17-9-4-10-18-32/h3-28H,1-2H3. The van der Waals surface area contributed by atoms with E-state index in [2.05, 4.69) is 181 Å². The van der Waals surface area contributed by atoms with E-state index in [0.29, 0.717) is 0 Å². The minimum Gasteiger partial charge on any atom is -0.310 e. The zero-order valence-electron chi connectivity index (χ0n) is 25.7. The maximum absolute atomic E-state index is 2.37. The maximum Gasteiger partial charge on any atom is 0.0985 e. The summed E-state index contributed by atoms with van der Waals surface area (Å²) in [5, 5.41) is 2.45. The molecule has 0 aliphatic carbocycles. The van der Waals surface area contributed by atoms with Gasteiger partial charge in [-0.2, -0.15) is 0 Å². The first-order valence-corrected chi connectivity index (χ1v) is 17.7. The fraction of sp³-hybridized carbons (Fsp3) is 0.0476. The number of benzene rings is 4. The summed E-state index contributed by atoms with van der Waals surface area (Å²) in [5.41, 5.74) is 14.8. The Kier molecular flexibility index (Phi) is 7.53. The van der Waals surface area contributed by atoms with Gasteiger partial charge in [-0.1, -0.05) is 121 Å². The van der Waals surface area contributed by atoms with Crippen LogP contribution in [-0.2, 0) is 0 Å². The summed E-state index contributed by atoms with van der Waals surface area (Å²) in [6.45, 7) is 4.43. The van der Waals surface area contributed by atoms with Crippen LogP contribution in [-0.4, -0.2) is 8.80 Å². The lowest BCUT2D eigenvalue weighted by atomic mass is 10.0. The number of fused-ring (bicyclic) bond motifs is 2. The summed E-state index contributed by atoms with van der Waals surface area (Å²) >= 11 is 0. The summed E-state index contributed by atoms with van der Waals surface area (Å²) in [6, 6.07) is 52.3. The Morgan fingerprint density at radius 2 is 0.652 bits per heavy atom. The van der Waals surface area contributed by atoms with Gasteiger partial charge >= 0.3 is 0 Å². The highest BCUT2D eigenvalue weighted by Crippen LogP contribution is 2.48. The van der Waals surface area contributed by atoms with Crippen LogP contribution in [0.1, 0.15) is 11.1 Å². The molecule has 222 valence electrons. The number of nitrogens with zero attached hydrogens (tertiary/aromatic N) is 2. The van der Waals surface area contributed by atoms with Crippen LogP contribution in [0.25, 0.3) is 55.5 Å². The average molecular weight is 629 g/mol. The van der Waals surface area contributed by atoms with E-state index >= 15 is 0 Å². The van der Waals surface area contributed by atoms with Crippen LogP contribution < -0.4 is 0 Å². The quantitative estimate of drug-likeness (QED) is 0.162. The normalized spacial score (nSPS) is 11.4. The van der Waals surface area contributed by atoms with Crippen LogP contribution in [0.15, 0.2) is 168 Å². The molecule has 4 aromatic carbocycles. The van der Waals surface area contributed by atoms with Gasteiger partial charge in [-0.15, -0.1) is 0 Å². The van der Waals surface area contributed by atoms with E-state index in [1.54, 1.807) is 0 Å². The molecule has 0 spiro atoms. The fourth-order valence-corrected chi connectivity index (χ4v) is 9.01. The van der Waals surface area contributed by atoms with Gasteiger partial charge in [0.25, 0.3) is 0 Å². The third-order valence-electron chi connectivity index (χ3n) is 8.66. The van der Waals surface area contributed by atoms with Gasteiger partial charge in [-0.25, -0.2) is 0 Å². The number of aromatic nitrogens is 2. The third kappa shape index (κ3) is 5.24. The van der Waals surface area contributed by atoms with Crippen LogP contribution in [0.4, 0.5) is 0 Å². The average Bonchev–Trinajstić information content (AvgIpc) is 3.65. The first kappa shape index (κ1) is 28.6. The zero-order valence-corrected chi connectivity index (χ0v) is 27.4. The lowest BCUT2D eigenvalue weighted by Crippen LogP contribution is -1.93. The van der Waals surface area contributed by atoms with Crippen LogP contribution >= 0.6 is 21.6 Å². The molecule has 0 fully saturated rings. The molecule has 4 heteroatoms. The molecule has 0 unspecified atom stereocenters. The van der Waals surface area contributed by atoms with Crippen molar-refractivity contribution in [3.63, 3.8) is 0 Å². The first-order chi connectivity index (χ1) is 22.6. The van der Waals surface area contributed by atoms with Crippen molar-refractivity contribution in [2.75, 3.05) is 0 Å². The summed E-state index contributed by atoms with van der Waals surface area (Å²) in [7, 11) is 3.67. The van der Waals surface area contributed by atoms with E-state index < -0.39 is 0 Å². The number of rotatable bonds is 7. The van der Waals surface area contributed by atoms with Gasteiger partial charge in [0.2, 0.25) is 0 Å². The first-order valence-electron chi connectivity index (χ1n) is 15.5. The third-order valence-corrected chi connectivity index (χ3v) is 11.1. The molecule has 4 aromatic heterocycles. The highest BCUT2D eigenvalue weighted by atomic mass is 33.1. The van der Waals surface area contributed by atoms with Crippen molar-refractivity contribution in [1.82, 2.24) is 8.80 Å². The van der Waals surface area contributed by atoms with Gasteiger partial charge in [0.05, 0.1) is 10.1 Å². The largest absolute Gasteiger partial charge is 0.310 e. The molecular formula is C42H32N2S2. The zero-order chi connectivity index (χ0) is 31.0. The number of pyridine rings is 2. The highest BCUT2D eigenvalue weighted by molar-refractivity contribution is 8.76. The SMILES string of the molecule is Cc1cn2c(SSc3c(-c4ccccc4)cc4cc(-c5ccccc5)c(C)cn34)c(-c3ccccc3)cc2cc1-c1ccccc1. The van der Waals surface area contributed by atoms with Crippen LogP contribution in [0.5, 0.6) is 0 Å². The topological polar surface area (TPSA) is 8.82 Å². The molecular weight excluding hydrogens is 597 g/mol. The van der Waals surface area contributed by atoms with E-state index in [9.17, 15) is 0 Å². The molecule has 0 saturated carbocycles. The van der Waals surface area contributed by atoms with E-state index in [1.165, 1.54) is 76.7 Å². The van der Waals surface area contributed by atoms with Gasteiger partial charge in [0, 0.05) is 34.6 Å². The van der Waals surface area contributed by atoms with Gasteiger partial charge < -0.3 is 8.80 Å². The van der Waals surface area contributed by atoms with Gasteiger partial charge in [-0.3, -0.25) is 0 Å². The molecule has 0 atom stereocenters. The van der Waals surface area contributed by atoms with E-state index in [1.807, 2.05) is 21.6 Å².